The maximum absolute atomic E-state index is 4.63. The fourth-order valence-corrected chi connectivity index (χ4v) is 3.03. The molecule has 3 heteroatoms. The predicted octanol–water partition coefficient (Wildman–Crippen LogP) is 3.01. The van der Waals surface area contributed by atoms with Crippen LogP contribution in [0.4, 0.5) is 0 Å². The van der Waals surface area contributed by atoms with Crippen molar-refractivity contribution in [3.8, 4) is 0 Å². The summed E-state index contributed by atoms with van der Waals surface area (Å²) in [7, 11) is 0. The highest BCUT2D eigenvalue weighted by Gasteiger charge is 2.12. The van der Waals surface area contributed by atoms with E-state index < -0.39 is 0 Å². The standard InChI is InChI=1S/C14H20N2S/c1-11-4-3-5-13(10-11)6-8-15-14-16-12(2)7-9-17-14/h3-5,10,12H,6-9H2,1-2H3,(H,15,16). The fraction of sp³-hybridized carbons (Fsp3) is 0.500. The molecule has 0 amide bonds. The van der Waals surface area contributed by atoms with Crippen molar-refractivity contribution < 1.29 is 0 Å². The maximum atomic E-state index is 4.63. The summed E-state index contributed by atoms with van der Waals surface area (Å²) in [5.74, 6) is 1.19. The van der Waals surface area contributed by atoms with Gasteiger partial charge < -0.3 is 5.32 Å². The lowest BCUT2D eigenvalue weighted by Gasteiger charge is -2.21. The molecule has 0 aromatic heterocycles. The second kappa shape index (κ2) is 6.10. The quantitative estimate of drug-likeness (QED) is 0.889. The van der Waals surface area contributed by atoms with Crippen molar-refractivity contribution in [3.05, 3.63) is 35.4 Å². The summed E-state index contributed by atoms with van der Waals surface area (Å²) in [5, 5.41) is 4.55. The van der Waals surface area contributed by atoms with Crippen LogP contribution >= 0.6 is 11.8 Å². The van der Waals surface area contributed by atoms with Crippen molar-refractivity contribution in [3.63, 3.8) is 0 Å². The average molecular weight is 248 g/mol. The monoisotopic (exact) mass is 248 g/mol. The third-order valence-corrected chi connectivity index (χ3v) is 3.86. The van der Waals surface area contributed by atoms with E-state index in [0.29, 0.717) is 6.04 Å². The molecule has 0 spiro atoms. The molecule has 1 atom stereocenters. The van der Waals surface area contributed by atoms with E-state index >= 15 is 0 Å². The number of aliphatic imine (C=N–C) groups is 1. The SMILES string of the molecule is Cc1cccc(CCN=C2NC(C)CCS2)c1. The Kier molecular flexibility index (Phi) is 4.49. The van der Waals surface area contributed by atoms with Crippen LogP contribution in [0.5, 0.6) is 0 Å². The predicted molar refractivity (Wildman–Crippen MR) is 76.9 cm³/mol. The molecule has 92 valence electrons. The molecular weight excluding hydrogens is 228 g/mol. The van der Waals surface area contributed by atoms with Crippen LogP contribution in [0.2, 0.25) is 0 Å². The topological polar surface area (TPSA) is 24.4 Å². The van der Waals surface area contributed by atoms with Crippen molar-refractivity contribution in [2.24, 2.45) is 4.99 Å². The Morgan fingerprint density at radius 1 is 1.47 bits per heavy atom. The van der Waals surface area contributed by atoms with Gasteiger partial charge >= 0.3 is 0 Å². The molecule has 1 aromatic rings. The molecule has 1 aliphatic heterocycles. The normalized spacial score (nSPS) is 22.5. The molecule has 1 saturated heterocycles. The lowest BCUT2D eigenvalue weighted by atomic mass is 10.1. The molecule has 1 unspecified atom stereocenters. The Bertz CT molecular complexity index is 401. The number of nitrogens with one attached hydrogen (secondary N) is 1. The fourth-order valence-electron chi connectivity index (χ4n) is 1.90. The van der Waals surface area contributed by atoms with Gasteiger partial charge in [0.15, 0.2) is 5.17 Å². The maximum Gasteiger partial charge on any atom is 0.156 e. The zero-order valence-corrected chi connectivity index (χ0v) is 11.4. The third-order valence-electron chi connectivity index (χ3n) is 2.90. The summed E-state index contributed by atoms with van der Waals surface area (Å²) >= 11 is 1.84. The summed E-state index contributed by atoms with van der Waals surface area (Å²) in [4.78, 5) is 4.63. The van der Waals surface area contributed by atoms with Gasteiger partial charge in [0.1, 0.15) is 0 Å². The van der Waals surface area contributed by atoms with E-state index in [-0.39, 0.29) is 0 Å². The highest BCUT2D eigenvalue weighted by Crippen LogP contribution is 2.13. The van der Waals surface area contributed by atoms with Crippen molar-refractivity contribution in [1.29, 1.82) is 0 Å². The van der Waals surface area contributed by atoms with Crippen LogP contribution in [-0.4, -0.2) is 23.5 Å². The Morgan fingerprint density at radius 3 is 3.12 bits per heavy atom. The lowest BCUT2D eigenvalue weighted by Crippen LogP contribution is -2.35. The van der Waals surface area contributed by atoms with Gasteiger partial charge in [-0.1, -0.05) is 41.6 Å². The molecule has 0 aliphatic carbocycles. The molecule has 1 heterocycles. The summed E-state index contributed by atoms with van der Waals surface area (Å²) < 4.78 is 0. The molecule has 1 fully saturated rings. The van der Waals surface area contributed by atoms with Gasteiger partial charge in [-0.05, 0) is 32.3 Å². The van der Waals surface area contributed by atoms with Crippen LogP contribution in [0, 0.1) is 6.92 Å². The number of aryl methyl sites for hydroxylation is 1. The Hall–Kier alpha value is -0.960. The van der Waals surface area contributed by atoms with Crippen LogP contribution in [0.1, 0.15) is 24.5 Å². The van der Waals surface area contributed by atoms with Gasteiger partial charge in [0, 0.05) is 18.3 Å². The largest absolute Gasteiger partial charge is 0.362 e. The molecule has 17 heavy (non-hydrogen) atoms. The number of nitrogens with zero attached hydrogens (tertiary/aromatic N) is 1. The number of hydrogen-bond donors (Lipinski definition) is 1. The van der Waals surface area contributed by atoms with Crippen LogP contribution in [0.3, 0.4) is 0 Å². The molecule has 0 bridgehead atoms. The molecular formula is C14H20N2S. The van der Waals surface area contributed by atoms with Gasteiger partial charge in [-0.25, -0.2) is 0 Å². The van der Waals surface area contributed by atoms with E-state index in [1.807, 2.05) is 11.8 Å². The number of benzene rings is 1. The third kappa shape index (κ3) is 4.08. The molecule has 2 nitrogen and oxygen atoms in total. The number of hydrogen-bond acceptors (Lipinski definition) is 2. The lowest BCUT2D eigenvalue weighted by molar-refractivity contribution is 0.642. The van der Waals surface area contributed by atoms with Crippen molar-refractivity contribution >= 4 is 16.9 Å². The second-order valence-electron chi connectivity index (χ2n) is 4.61. The van der Waals surface area contributed by atoms with E-state index in [1.165, 1.54) is 23.3 Å². The average Bonchev–Trinajstić information content (AvgIpc) is 2.29. The van der Waals surface area contributed by atoms with Gasteiger partial charge in [0.25, 0.3) is 0 Å². The van der Waals surface area contributed by atoms with E-state index in [2.05, 4.69) is 48.4 Å². The van der Waals surface area contributed by atoms with Gasteiger partial charge in [-0.3, -0.25) is 4.99 Å². The molecule has 1 aliphatic rings. The summed E-state index contributed by atoms with van der Waals surface area (Å²) in [6, 6.07) is 9.25. The van der Waals surface area contributed by atoms with E-state index in [0.717, 1.165) is 18.1 Å². The first-order valence-electron chi connectivity index (χ1n) is 6.23. The Morgan fingerprint density at radius 2 is 2.35 bits per heavy atom. The molecule has 1 N–H and O–H groups in total. The van der Waals surface area contributed by atoms with Crippen molar-refractivity contribution in [2.75, 3.05) is 12.3 Å². The summed E-state index contributed by atoms with van der Waals surface area (Å²) in [6.45, 7) is 5.23. The molecule has 0 saturated carbocycles. The Labute approximate surface area is 108 Å². The minimum atomic E-state index is 0.578. The Balaban J connectivity index is 1.84. The van der Waals surface area contributed by atoms with Gasteiger partial charge in [0.2, 0.25) is 0 Å². The zero-order valence-electron chi connectivity index (χ0n) is 10.6. The van der Waals surface area contributed by atoms with Crippen LogP contribution < -0.4 is 5.32 Å². The van der Waals surface area contributed by atoms with Crippen LogP contribution in [0.15, 0.2) is 29.3 Å². The molecule has 0 radical (unpaired) electrons. The van der Waals surface area contributed by atoms with Crippen LogP contribution in [0.25, 0.3) is 0 Å². The van der Waals surface area contributed by atoms with Crippen molar-refractivity contribution in [1.82, 2.24) is 5.32 Å². The first-order valence-corrected chi connectivity index (χ1v) is 7.22. The van der Waals surface area contributed by atoms with E-state index in [1.54, 1.807) is 0 Å². The molecule has 2 rings (SSSR count). The van der Waals surface area contributed by atoms with Gasteiger partial charge in [-0.15, -0.1) is 0 Å². The number of amidine groups is 1. The zero-order chi connectivity index (χ0) is 12.1. The smallest absolute Gasteiger partial charge is 0.156 e. The van der Waals surface area contributed by atoms with E-state index in [4.69, 9.17) is 0 Å². The summed E-state index contributed by atoms with van der Waals surface area (Å²) in [6.07, 6.45) is 2.27. The summed E-state index contributed by atoms with van der Waals surface area (Å²) in [5.41, 5.74) is 2.71. The second-order valence-corrected chi connectivity index (χ2v) is 5.69. The number of thioether (sulfide) groups is 1. The van der Waals surface area contributed by atoms with Gasteiger partial charge in [-0.2, -0.15) is 0 Å². The number of rotatable bonds is 3. The highest BCUT2D eigenvalue weighted by molar-refractivity contribution is 8.13. The first-order chi connectivity index (χ1) is 8.24. The molecule has 1 aromatic carbocycles. The van der Waals surface area contributed by atoms with Gasteiger partial charge in [0.05, 0.1) is 0 Å². The van der Waals surface area contributed by atoms with Crippen LogP contribution in [-0.2, 0) is 6.42 Å². The minimum absolute atomic E-state index is 0.578. The minimum Gasteiger partial charge on any atom is -0.362 e. The van der Waals surface area contributed by atoms with Crippen molar-refractivity contribution in [2.45, 2.75) is 32.7 Å². The first kappa shape index (κ1) is 12.5. The highest BCUT2D eigenvalue weighted by atomic mass is 32.2. The van der Waals surface area contributed by atoms with E-state index in [9.17, 15) is 0 Å².